The summed E-state index contributed by atoms with van der Waals surface area (Å²) in [5.74, 6) is 0.456. The van der Waals surface area contributed by atoms with Crippen LogP contribution in [-0.4, -0.2) is 71.1 Å². The van der Waals surface area contributed by atoms with Crippen LogP contribution in [-0.2, 0) is 9.31 Å². The first-order valence-electron chi connectivity index (χ1n) is 8.94. The Labute approximate surface area is 149 Å². The number of likely N-dealkylation sites (tertiary alicyclic amines) is 1. The molecule has 0 amide bonds. The Morgan fingerprint density at radius 3 is 2.48 bits per heavy atom. The third-order valence-electron chi connectivity index (χ3n) is 5.41. The average Bonchev–Trinajstić information content (AvgIpc) is 3.08. The van der Waals surface area contributed by atoms with Crippen molar-refractivity contribution in [2.45, 2.75) is 45.3 Å². The SMILES string of the molecule is CC1(C)OB(c2cnc(OC[C@@H]3CCN(CCO)C3)nc2)OC1(C)C. The maximum Gasteiger partial charge on any atom is 0.498 e. The Balaban J connectivity index is 1.52. The fourth-order valence-corrected chi connectivity index (χ4v) is 3.09. The van der Waals surface area contributed by atoms with E-state index in [2.05, 4.69) is 14.9 Å². The number of aliphatic hydroxyl groups is 1. The van der Waals surface area contributed by atoms with Gasteiger partial charge in [0.15, 0.2) is 0 Å². The molecule has 1 atom stereocenters. The number of aromatic nitrogens is 2. The van der Waals surface area contributed by atoms with Crippen LogP contribution in [0.25, 0.3) is 0 Å². The molecule has 2 aliphatic rings. The topological polar surface area (TPSA) is 76.9 Å². The molecule has 8 heteroatoms. The van der Waals surface area contributed by atoms with Gasteiger partial charge in [0.1, 0.15) is 0 Å². The lowest BCUT2D eigenvalue weighted by Crippen LogP contribution is -2.41. The Morgan fingerprint density at radius 2 is 1.88 bits per heavy atom. The molecule has 7 nitrogen and oxygen atoms in total. The molecule has 2 fully saturated rings. The van der Waals surface area contributed by atoms with Crippen molar-refractivity contribution in [2.24, 2.45) is 5.92 Å². The third-order valence-corrected chi connectivity index (χ3v) is 5.41. The van der Waals surface area contributed by atoms with Gasteiger partial charge in [-0.25, -0.2) is 9.97 Å². The predicted octanol–water partition coefficient (Wildman–Crippen LogP) is 0.469. The van der Waals surface area contributed by atoms with Crippen molar-refractivity contribution in [2.75, 3.05) is 32.8 Å². The van der Waals surface area contributed by atoms with Gasteiger partial charge in [0.2, 0.25) is 0 Å². The summed E-state index contributed by atoms with van der Waals surface area (Å²) in [6.07, 6.45) is 4.49. The van der Waals surface area contributed by atoms with E-state index in [9.17, 15) is 0 Å². The molecule has 25 heavy (non-hydrogen) atoms. The van der Waals surface area contributed by atoms with Crippen molar-refractivity contribution in [3.05, 3.63) is 12.4 Å². The zero-order chi connectivity index (χ0) is 18.1. The van der Waals surface area contributed by atoms with Gasteiger partial charge in [-0.05, 0) is 40.7 Å². The summed E-state index contributed by atoms with van der Waals surface area (Å²) in [4.78, 5) is 10.8. The molecule has 0 spiro atoms. The summed E-state index contributed by atoms with van der Waals surface area (Å²) in [5, 5.41) is 8.99. The molecule has 0 aliphatic carbocycles. The summed E-state index contributed by atoms with van der Waals surface area (Å²) in [6.45, 7) is 11.6. The average molecular weight is 349 g/mol. The Bertz CT molecular complexity index is 566. The minimum atomic E-state index is -0.457. The van der Waals surface area contributed by atoms with E-state index in [4.69, 9.17) is 19.2 Å². The van der Waals surface area contributed by atoms with Crippen LogP contribution in [0.4, 0.5) is 0 Å². The molecule has 0 bridgehead atoms. The third kappa shape index (κ3) is 4.14. The summed E-state index contributed by atoms with van der Waals surface area (Å²) in [7, 11) is -0.457. The maximum atomic E-state index is 8.99. The highest BCUT2D eigenvalue weighted by Gasteiger charge is 2.51. The van der Waals surface area contributed by atoms with Gasteiger partial charge in [0.25, 0.3) is 0 Å². The molecule has 1 aromatic rings. The molecule has 0 saturated carbocycles. The van der Waals surface area contributed by atoms with Crippen LogP contribution in [0.3, 0.4) is 0 Å². The number of hydrogen-bond donors (Lipinski definition) is 1. The van der Waals surface area contributed by atoms with Crippen LogP contribution in [0, 0.1) is 5.92 Å². The fourth-order valence-electron chi connectivity index (χ4n) is 3.09. The van der Waals surface area contributed by atoms with Crippen LogP contribution in [0.5, 0.6) is 6.01 Å². The number of nitrogens with zero attached hydrogens (tertiary/aromatic N) is 3. The van der Waals surface area contributed by atoms with Crippen LogP contribution >= 0.6 is 0 Å². The normalized spacial score (nSPS) is 25.5. The largest absolute Gasteiger partial charge is 0.498 e. The molecule has 1 N–H and O–H groups in total. The fraction of sp³-hybridized carbons (Fsp3) is 0.765. The van der Waals surface area contributed by atoms with Gasteiger partial charge in [-0.1, -0.05) is 0 Å². The lowest BCUT2D eigenvalue weighted by atomic mass is 9.81. The van der Waals surface area contributed by atoms with Gasteiger partial charge in [-0.3, -0.25) is 0 Å². The van der Waals surface area contributed by atoms with Crippen molar-refractivity contribution >= 4 is 12.6 Å². The van der Waals surface area contributed by atoms with E-state index in [1.54, 1.807) is 12.4 Å². The molecule has 138 valence electrons. The lowest BCUT2D eigenvalue weighted by Gasteiger charge is -2.32. The highest BCUT2D eigenvalue weighted by atomic mass is 16.7. The first-order valence-corrected chi connectivity index (χ1v) is 8.94. The van der Waals surface area contributed by atoms with Gasteiger partial charge in [0, 0.05) is 36.9 Å². The van der Waals surface area contributed by atoms with E-state index in [0.717, 1.165) is 31.5 Å². The van der Waals surface area contributed by atoms with Gasteiger partial charge in [0.05, 0.1) is 24.4 Å². The molecule has 0 radical (unpaired) electrons. The van der Waals surface area contributed by atoms with E-state index in [1.807, 2.05) is 27.7 Å². The van der Waals surface area contributed by atoms with Crippen molar-refractivity contribution in [3.63, 3.8) is 0 Å². The van der Waals surface area contributed by atoms with E-state index in [0.29, 0.717) is 18.5 Å². The van der Waals surface area contributed by atoms with Crippen LogP contribution in [0.15, 0.2) is 12.4 Å². The lowest BCUT2D eigenvalue weighted by molar-refractivity contribution is 0.00578. The van der Waals surface area contributed by atoms with E-state index < -0.39 is 7.12 Å². The number of ether oxygens (including phenoxy) is 1. The molecular weight excluding hydrogens is 321 g/mol. The summed E-state index contributed by atoms with van der Waals surface area (Å²) < 4.78 is 17.7. The first kappa shape index (κ1) is 18.6. The quantitative estimate of drug-likeness (QED) is 0.748. The molecule has 2 aliphatic heterocycles. The number of hydrogen-bond acceptors (Lipinski definition) is 7. The maximum absolute atomic E-state index is 8.99. The molecule has 0 aromatic carbocycles. The van der Waals surface area contributed by atoms with Gasteiger partial charge in [-0.2, -0.15) is 0 Å². The van der Waals surface area contributed by atoms with Crippen LogP contribution < -0.4 is 10.2 Å². The van der Waals surface area contributed by atoms with Crippen molar-refractivity contribution in [1.29, 1.82) is 0 Å². The van der Waals surface area contributed by atoms with Gasteiger partial charge < -0.3 is 24.1 Å². The Kier molecular flexibility index (Phi) is 5.34. The van der Waals surface area contributed by atoms with Gasteiger partial charge in [-0.15, -0.1) is 0 Å². The second-order valence-electron chi connectivity index (χ2n) is 7.88. The van der Waals surface area contributed by atoms with E-state index >= 15 is 0 Å². The standard InChI is InChI=1S/C17H28BN3O4/c1-16(2)17(3,4)25-18(24-16)14-9-19-15(20-10-14)23-12-13-5-6-21(11-13)7-8-22/h9-10,13,22H,5-8,11-12H2,1-4H3/t13-/m1/s1. The van der Waals surface area contributed by atoms with Crippen molar-refractivity contribution in [1.82, 2.24) is 14.9 Å². The summed E-state index contributed by atoms with van der Waals surface area (Å²) >= 11 is 0. The number of β-amino-alcohol motifs (C(OH)–C–C–N with tert-alkyl or cyclic N) is 1. The van der Waals surface area contributed by atoms with E-state index in [1.165, 1.54) is 0 Å². The highest BCUT2D eigenvalue weighted by Crippen LogP contribution is 2.36. The predicted molar refractivity (Wildman–Crippen MR) is 94.9 cm³/mol. The molecule has 2 saturated heterocycles. The van der Waals surface area contributed by atoms with Crippen LogP contribution in [0.1, 0.15) is 34.1 Å². The molecule has 1 aromatic heterocycles. The smallest absolute Gasteiger partial charge is 0.463 e. The first-order chi connectivity index (χ1) is 11.8. The summed E-state index contributed by atoms with van der Waals surface area (Å²) in [5.41, 5.74) is 0.0342. The zero-order valence-electron chi connectivity index (χ0n) is 15.6. The minimum Gasteiger partial charge on any atom is -0.463 e. The molecular formula is C17H28BN3O4. The zero-order valence-corrected chi connectivity index (χ0v) is 15.6. The monoisotopic (exact) mass is 349 g/mol. The Hall–Kier alpha value is -1.22. The summed E-state index contributed by atoms with van der Waals surface area (Å²) in [6, 6.07) is 0.376. The second-order valence-corrected chi connectivity index (χ2v) is 7.88. The van der Waals surface area contributed by atoms with Crippen LogP contribution in [0.2, 0.25) is 0 Å². The number of aliphatic hydroxyl groups excluding tert-OH is 1. The van der Waals surface area contributed by atoms with E-state index in [-0.39, 0.29) is 17.8 Å². The number of rotatable bonds is 6. The minimum absolute atomic E-state index is 0.205. The molecule has 3 heterocycles. The Morgan fingerprint density at radius 1 is 1.24 bits per heavy atom. The van der Waals surface area contributed by atoms with Gasteiger partial charge >= 0.3 is 13.1 Å². The van der Waals surface area contributed by atoms with Crippen molar-refractivity contribution < 1.29 is 19.2 Å². The van der Waals surface area contributed by atoms with Crippen molar-refractivity contribution in [3.8, 4) is 6.01 Å². The molecule has 3 rings (SSSR count). The highest BCUT2D eigenvalue weighted by molar-refractivity contribution is 6.61. The molecule has 0 unspecified atom stereocenters. The second kappa shape index (κ2) is 7.19.